The van der Waals surface area contributed by atoms with Crippen LogP contribution in [0.4, 0.5) is 0 Å². The highest BCUT2D eigenvalue weighted by Gasteiger charge is 2.09. The van der Waals surface area contributed by atoms with Crippen molar-refractivity contribution in [3.05, 3.63) is 41.2 Å². The Morgan fingerprint density at radius 3 is 2.46 bits per heavy atom. The zero-order valence-electron chi connectivity index (χ0n) is 14.2. The number of rotatable bonds is 8. The van der Waals surface area contributed by atoms with E-state index in [0.29, 0.717) is 11.7 Å². The Balaban J connectivity index is 1.82. The lowest BCUT2D eigenvalue weighted by Crippen LogP contribution is -2.24. The summed E-state index contributed by atoms with van der Waals surface area (Å²) in [6, 6.07) is 7.60. The second kappa shape index (κ2) is 9.22. The summed E-state index contributed by atoms with van der Waals surface area (Å²) in [7, 11) is 1.63. The molecule has 1 aromatic carbocycles. The van der Waals surface area contributed by atoms with Gasteiger partial charge in [-0.25, -0.2) is 4.98 Å². The van der Waals surface area contributed by atoms with Crippen LogP contribution in [0.1, 0.15) is 30.8 Å². The van der Waals surface area contributed by atoms with E-state index in [1.165, 1.54) is 11.8 Å². The molecule has 0 aliphatic rings. The molecule has 0 aliphatic heterocycles. The van der Waals surface area contributed by atoms with Crippen molar-refractivity contribution in [1.82, 2.24) is 20.5 Å². The molecule has 2 aromatic rings. The van der Waals surface area contributed by atoms with Crippen molar-refractivity contribution in [3.63, 3.8) is 0 Å². The van der Waals surface area contributed by atoms with Gasteiger partial charge in [-0.1, -0.05) is 37.7 Å². The van der Waals surface area contributed by atoms with Gasteiger partial charge in [0.05, 0.1) is 24.3 Å². The molecule has 128 valence electrons. The lowest BCUT2D eigenvalue weighted by atomic mass is 10.2. The Kier molecular flexibility index (Phi) is 6.99. The number of nitrogens with one attached hydrogen (secondary N) is 1. The first-order chi connectivity index (χ1) is 11.7. The number of hydrogen-bond donors (Lipinski definition) is 1. The molecule has 0 bridgehead atoms. The van der Waals surface area contributed by atoms with E-state index in [2.05, 4.69) is 20.5 Å². The third-order valence-electron chi connectivity index (χ3n) is 3.47. The predicted octanol–water partition coefficient (Wildman–Crippen LogP) is 2.41. The van der Waals surface area contributed by atoms with Gasteiger partial charge >= 0.3 is 0 Å². The number of aryl methyl sites for hydroxylation is 2. The maximum absolute atomic E-state index is 12.0. The predicted molar refractivity (Wildman–Crippen MR) is 94.1 cm³/mol. The van der Waals surface area contributed by atoms with Crippen molar-refractivity contribution in [2.24, 2.45) is 0 Å². The van der Waals surface area contributed by atoms with E-state index in [9.17, 15) is 4.79 Å². The average Bonchev–Trinajstić information content (AvgIpc) is 2.64. The van der Waals surface area contributed by atoms with Gasteiger partial charge in [0.1, 0.15) is 5.75 Å². The van der Waals surface area contributed by atoms with Crippen LogP contribution in [0.15, 0.2) is 29.4 Å². The summed E-state index contributed by atoms with van der Waals surface area (Å²) in [4.78, 5) is 16.4. The molecule has 2 rings (SSSR count). The molecule has 0 saturated carbocycles. The summed E-state index contributed by atoms with van der Waals surface area (Å²) in [5.74, 6) is 1.01. The number of thioether (sulfide) groups is 1. The standard InChI is InChI=1S/C17H22N4O2S/c1-4-14-15(5-2)20-21-17(19-14)24-11-16(22)18-10-12-6-8-13(23-3)9-7-12/h6-9H,4-5,10-11H2,1-3H3,(H,18,22). The largest absolute Gasteiger partial charge is 0.497 e. The van der Waals surface area contributed by atoms with E-state index in [1.54, 1.807) is 7.11 Å². The summed E-state index contributed by atoms with van der Waals surface area (Å²) >= 11 is 1.30. The quantitative estimate of drug-likeness (QED) is 0.740. The van der Waals surface area contributed by atoms with Crippen LogP contribution < -0.4 is 10.1 Å². The number of methoxy groups -OCH3 is 1. The maximum atomic E-state index is 12.0. The zero-order valence-corrected chi connectivity index (χ0v) is 15.0. The van der Waals surface area contributed by atoms with Gasteiger partial charge in [-0.05, 0) is 30.5 Å². The van der Waals surface area contributed by atoms with E-state index in [4.69, 9.17) is 4.74 Å². The lowest BCUT2D eigenvalue weighted by molar-refractivity contribution is -0.118. The van der Waals surface area contributed by atoms with Crippen molar-refractivity contribution < 1.29 is 9.53 Å². The van der Waals surface area contributed by atoms with Crippen LogP contribution in [0.2, 0.25) is 0 Å². The van der Waals surface area contributed by atoms with Crippen molar-refractivity contribution in [2.75, 3.05) is 12.9 Å². The minimum Gasteiger partial charge on any atom is -0.497 e. The van der Waals surface area contributed by atoms with Gasteiger partial charge in [-0.2, -0.15) is 5.10 Å². The highest BCUT2D eigenvalue weighted by atomic mass is 32.2. The lowest BCUT2D eigenvalue weighted by Gasteiger charge is -2.07. The van der Waals surface area contributed by atoms with E-state index < -0.39 is 0 Å². The number of hydrogen-bond acceptors (Lipinski definition) is 6. The summed E-state index contributed by atoms with van der Waals surface area (Å²) < 4.78 is 5.11. The molecule has 1 heterocycles. The van der Waals surface area contributed by atoms with Crippen molar-refractivity contribution in [3.8, 4) is 5.75 Å². The van der Waals surface area contributed by atoms with Crippen LogP contribution in [0.5, 0.6) is 5.75 Å². The normalized spacial score (nSPS) is 10.5. The third-order valence-corrected chi connectivity index (χ3v) is 4.31. The molecule has 0 unspecified atom stereocenters. The molecule has 6 nitrogen and oxygen atoms in total. The number of benzene rings is 1. The molecule has 7 heteroatoms. The molecule has 1 amide bonds. The monoisotopic (exact) mass is 346 g/mol. The second-order valence-electron chi connectivity index (χ2n) is 5.11. The molecule has 0 saturated heterocycles. The molecular weight excluding hydrogens is 324 g/mol. The Labute approximate surface area is 146 Å². The first-order valence-corrected chi connectivity index (χ1v) is 8.89. The van der Waals surface area contributed by atoms with Crippen LogP contribution in [-0.2, 0) is 24.2 Å². The van der Waals surface area contributed by atoms with Crippen molar-refractivity contribution in [1.29, 1.82) is 0 Å². The van der Waals surface area contributed by atoms with E-state index in [0.717, 1.165) is 35.5 Å². The highest BCUT2D eigenvalue weighted by molar-refractivity contribution is 7.99. The SMILES string of the molecule is CCc1nnc(SCC(=O)NCc2ccc(OC)cc2)nc1CC. The maximum Gasteiger partial charge on any atom is 0.230 e. The van der Waals surface area contributed by atoms with Gasteiger partial charge < -0.3 is 10.1 Å². The zero-order chi connectivity index (χ0) is 17.4. The van der Waals surface area contributed by atoms with Crippen LogP contribution in [0.3, 0.4) is 0 Å². The van der Waals surface area contributed by atoms with Gasteiger partial charge in [0.2, 0.25) is 11.1 Å². The Bertz CT molecular complexity index is 677. The minimum atomic E-state index is -0.0583. The third kappa shape index (κ3) is 5.19. The van der Waals surface area contributed by atoms with E-state index in [1.807, 2.05) is 38.1 Å². The first kappa shape index (κ1) is 18.2. The minimum absolute atomic E-state index is 0.0583. The van der Waals surface area contributed by atoms with Crippen LogP contribution in [-0.4, -0.2) is 34.0 Å². The summed E-state index contributed by atoms with van der Waals surface area (Å²) in [5, 5.41) is 11.7. The van der Waals surface area contributed by atoms with Gasteiger partial charge in [0, 0.05) is 6.54 Å². The smallest absolute Gasteiger partial charge is 0.230 e. The molecule has 0 spiro atoms. The number of carbonyl (C=O) groups is 1. The Morgan fingerprint density at radius 2 is 1.83 bits per heavy atom. The molecular formula is C17H22N4O2S. The van der Waals surface area contributed by atoms with Gasteiger partial charge in [-0.3, -0.25) is 4.79 Å². The average molecular weight is 346 g/mol. The Morgan fingerprint density at radius 1 is 1.12 bits per heavy atom. The van der Waals surface area contributed by atoms with Gasteiger partial charge in [-0.15, -0.1) is 5.10 Å². The number of carbonyl (C=O) groups excluding carboxylic acids is 1. The molecule has 24 heavy (non-hydrogen) atoms. The topological polar surface area (TPSA) is 77.0 Å². The molecule has 0 atom stereocenters. The number of ether oxygens (including phenoxy) is 1. The fourth-order valence-corrected chi connectivity index (χ4v) is 2.74. The van der Waals surface area contributed by atoms with Crippen molar-refractivity contribution in [2.45, 2.75) is 38.4 Å². The van der Waals surface area contributed by atoms with Crippen molar-refractivity contribution >= 4 is 17.7 Å². The highest BCUT2D eigenvalue weighted by Crippen LogP contribution is 2.14. The molecule has 1 N–H and O–H groups in total. The second-order valence-corrected chi connectivity index (χ2v) is 6.05. The number of nitrogens with zero attached hydrogens (tertiary/aromatic N) is 3. The fourth-order valence-electron chi connectivity index (χ4n) is 2.11. The Hall–Kier alpha value is -2.15. The fraction of sp³-hybridized carbons (Fsp3) is 0.412. The summed E-state index contributed by atoms with van der Waals surface area (Å²) in [5.41, 5.74) is 2.90. The first-order valence-electron chi connectivity index (χ1n) is 7.91. The van der Waals surface area contributed by atoms with Crippen LogP contribution in [0.25, 0.3) is 0 Å². The summed E-state index contributed by atoms with van der Waals surface area (Å²) in [6.07, 6.45) is 1.63. The number of amides is 1. The van der Waals surface area contributed by atoms with E-state index >= 15 is 0 Å². The number of aromatic nitrogens is 3. The van der Waals surface area contributed by atoms with Crippen LogP contribution >= 0.6 is 11.8 Å². The van der Waals surface area contributed by atoms with Gasteiger partial charge in [0.15, 0.2) is 0 Å². The molecule has 1 aromatic heterocycles. The molecule has 0 aliphatic carbocycles. The molecule has 0 fully saturated rings. The van der Waals surface area contributed by atoms with Gasteiger partial charge in [0.25, 0.3) is 0 Å². The summed E-state index contributed by atoms with van der Waals surface area (Å²) in [6.45, 7) is 4.56. The molecule has 0 radical (unpaired) electrons. The van der Waals surface area contributed by atoms with E-state index in [-0.39, 0.29) is 11.7 Å². The van der Waals surface area contributed by atoms with Crippen LogP contribution in [0, 0.1) is 0 Å².